The number of rotatable bonds is 4. The van der Waals surface area contributed by atoms with Crippen molar-refractivity contribution in [3.63, 3.8) is 0 Å². The standard InChI is InChI=1S/C15H12BrClF3N/c16-11-4-5-13(18)10(15(11)20)7-9(21)6-8-2-1-3-12(17)14(8)19/h1-5,9H,6-7,21H2. The van der Waals surface area contributed by atoms with Crippen LogP contribution in [0.3, 0.4) is 0 Å². The summed E-state index contributed by atoms with van der Waals surface area (Å²) in [6.45, 7) is 0. The molecule has 21 heavy (non-hydrogen) atoms. The quantitative estimate of drug-likeness (QED) is 0.771. The van der Waals surface area contributed by atoms with Crippen molar-refractivity contribution in [2.45, 2.75) is 18.9 Å². The van der Waals surface area contributed by atoms with Gasteiger partial charge < -0.3 is 5.73 Å². The first-order chi connectivity index (χ1) is 9.90. The molecule has 1 nitrogen and oxygen atoms in total. The predicted molar refractivity (Wildman–Crippen MR) is 80.9 cm³/mol. The Labute approximate surface area is 134 Å². The average Bonchev–Trinajstić information content (AvgIpc) is 2.44. The number of hydrogen-bond donors (Lipinski definition) is 1. The summed E-state index contributed by atoms with van der Waals surface area (Å²) in [4.78, 5) is 0. The van der Waals surface area contributed by atoms with E-state index in [4.69, 9.17) is 17.3 Å². The maximum atomic E-state index is 13.9. The molecule has 0 aliphatic carbocycles. The summed E-state index contributed by atoms with van der Waals surface area (Å²) in [5.74, 6) is -1.90. The summed E-state index contributed by atoms with van der Waals surface area (Å²) in [7, 11) is 0. The Balaban J connectivity index is 2.18. The number of benzene rings is 2. The molecule has 0 spiro atoms. The Hall–Kier alpha value is -1.04. The van der Waals surface area contributed by atoms with Crippen molar-refractivity contribution in [3.8, 4) is 0 Å². The van der Waals surface area contributed by atoms with Gasteiger partial charge in [-0.3, -0.25) is 0 Å². The molecular formula is C15H12BrClF3N. The molecule has 0 aliphatic rings. The normalized spacial score (nSPS) is 12.5. The lowest BCUT2D eigenvalue weighted by molar-refractivity contribution is 0.525. The van der Waals surface area contributed by atoms with E-state index in [1.54, 1.807) is 12.1 Å². The summed E-state index contributed by atoms with van der Waals surface area (Å²) >= 11 is 8.68. The first kappa shape index (κ1) is 16.3. The lowest BCUT2D eigenvalue weighted by Gasteiger charge is -2.14. The summed E-state index contributed by atoms with van der Waals surface area (Å²) < 4.78 is 41.5. The van der Waals surface area contributed by atoms with E-state index < -0.39 is 23.5 Å². The van der Waals surface area contributed by atoms with Crippen molar-refractivity contribution in [2.75, 3.05) is 0 Å². The van der Waals surface area contributed by atoms with Gasteiger partial charge in [0, 0.05) is 11.6 Å². The number of nitrogens with two attached hydrogens (primary N) is 1. The van der Waals surface area contributed by atoms with E-state index in [-0.39, 0.29) is 27.9 Å². The Bertz CT molecular complexity index is 664. The number of hydrogen-bond acceptors (Lipinski definition) is 1. The van der Waals surface area contributed by atoms with Crippen LogP contribution in [0.5, 0.6) is 0 Å². The third-order valence-corrected chi connectivity index (χ3v) is 4.02. The second kappa shape index (κ2) is 6.81. The molecular weight excluding hydrogens is 367 g/mol. The highest BCUT2D eigenvalue weighted by atomic mass is 79.9. The van der Waals surface area contributed by atoms with Crippen LogP contribution >= 0.6 is 27.5 Å². The lowest BCUT2D eigenvalue weighted by Crippen LogP contribution is -2.27. The van der Waals surface area contributed by atoms with Crippen LogP contribution in [0, 0.1) is 17.5 Å². The molecule has 0 fully saturated rings. The van der Waals surface area contributed by atoms with Crippen molar-refractivity contribution in [2.24, 2.45) is 5.73 Å². The van der Waals surface area contributed by atoms with Crippen LogP contribution in [0.25, 0.3) is 0 Å². The Morgan fingerprint density at radius 1 is 1.05 bits per heavy atom. The maximum Gasteiger partial charge on any atom is 0.145 e. The van der Waals surface area contributed by atoms with E-state index in [1.165, 1.54) is 12.1 Å². The van der Waals surface area contributed by atoms with Gasteiger partial charge in [0.15, 0.2) is 0 Å². The van der Waals surface area contributed by atoms with Crippen molar-refractivity contribution in [1.82, 2.24) is 0 Å². The highest BCUT2D eigenvalue weighted by Gasteiger charge is 2.17. The van der Waals surface area contributed by atoms with Crippen LogP contribution in [0.15, 0.2) is 34.8 Å². The first-order valence-corrected chi connectivity index (χ1v) is 7.38. The molecule has 0 saturated heterocycles. The Morgan fingerprint density at radius 2 is 1.76 bits per heavy atom. The van der Waals surface area contributed by atoms with Crippen molar-refractivity contribution in [3.05, 3.63) is 68.4 Å². The molecule has 2 aromatic rings. The first-order valence-electron chi connectivity index (χ1n) is 6.21. The lowest BCUT2D eigenvalue weighted by atomic mass is 9.99. The molecule has 0 saturated carbocycles. The molecule has 2 N–H and O–H groups in total. The van der Waals surface area contributed by atoms with E-state index in [0.717, 1.165) is 6.07 Å². The highest BCUT2D eigenvalue weighted by molar-refractivity contribution is 9.10. The second-order valence-electron chi connectivity index (χ2n) is 4.70. The Kier molecular flexibility index (Phi) is 5.30. The van der Waals surface area contributed by atoms with E-state index in [0.29, 0.717) is 5.56 Å². The molecule has 0 radical (unpaired) electrons. The molecule has 0 aromatic heterocycles. The SMILES string of the molecule is NC(Cc1cccc(Cl)c1F)Cc1c(F)ccc(Br)c1F. The van der Waals surface area contributed by atoms with Crippen LogP contribution in [0.2, 0.25) is 5.02 Å². The summed E-state index contributed by atoms with van der Waals surface area (Å²) in [6.07, 6.45) is 0.0981. The van der Waals surface area contributed by atoms with Gasteiger partial charge in [0.1, 0.15) is 17.5 Å². The van der Waals surface area contributed by atoms with Crippen molar-refractivity contribution in [1.29, 1.82) is 0 Å². The van der Waals surface area contributed by atoms with Gasteiger partial charge in [-0.1, -0.05) is 23.7 Å². The molecule has 1 unspecified atom stereocenters. The number of halogens is 5. The van der Waals surface area contributed by atoms with Gasteiger partial charge >= 0.3 is 0 Å². The molecule has 112 valence electrons. The zero-order chi connectivity index (χ0) is 15.6. The van der Waals surface area contributed by atoms with Crippen LogP contribution in [-0.2, 0) is 12.8 Å². The van der Waals surface area contributed by atoms with Crippen LogP contribution in [-0.4, -0.2) is 6.04 Å². The van der Waals surface area contributed by atoms with E-state index in [1.807, 2.05) is 0 Å². The van der Waals surface area contributed by atoms with E-state index in [2.05, 4.69) is 15.9 Å². The fourth-order valence-electron chi connectivity index (χ4n) is 2.08. The van der Waals surface area contributed by atoms with Gasteiger partial charge in [-0.25, -0.2) is 13.2 Å². The minimum atomic E-state index is -0.683. The maximum absolute atomic E-state index is 13.9. The average molecular weight is 379 g/mol. The zero-order valence-corrected chi connectivity index (χ0v) is 13.2. The van der Waals surface area contributed by atoms with Gasteiger partial charge in [-0.15, -0.1) is 0 Å². The smallest absolute Gasteiger partial charge is 0.145 e. The second-order valence-corrected chi connectivity index (χ2v) is 5.96. The van der Waals surface area contributed by atoms with Crippen molar-refractivity contribution < 1.29 is 13.2 Å². The van der Waals surface area contributed by atoms with E-state index in [9.17, 15) is 13.2 Å². The molecule has 0 bridgehead atoms. The fourth-order valence-corrected chi connectivity index (χ4v) is 2.64. The molecule has 0 amide bonds. The van der Waals surface area contributed by atoms with E-state index >= 15 is 0 Å². The Morgan fingerprint density at radius 3 is 2.48 bits per heavy atom. The van der Waals surface area contributed by atoms with Gasteiger partial charge in [-0.2, -0.15) is 0 Å². The molecule has 1 atom stereocenters. The monoisotopic (exact) mass is 377 g/mol. The van der Waals surface area contributed by atoms with Crippen LogP contribution in [0.1, 0.15) is 11.1 Å². The van der Waals surface area contributed by atoms with Crippen LogP contribution < -0.4 is 5.73 Å². The highest BCUT2D eigenvalue weighted by Crippen LogP contribution is 2.24. The third kappa shape index (κ3) is 3.78. The molecule has 0 aliphatic heterocycles. The minimum absolute atomic E-state index is 0.000448. The molecule has 0 heterocycles. The summed E-state index contributed by atoms with van der Waals surface area (Å²) in [5, 5.41) is -0.000448. The fraction of sp³-hybridized carbons (Fsp3) is 0.200. The van der Waals surface area contributed by atoms with Gasteiger partial charge in [0.2, 0.25) is 0 Å². The molecule has 6 heteroatoms. The zero-order valence-electron chi connectivity index (χ0n) is 10.8. The topological polar surface area (TPSA) is 26.0 Å². The van der Waals surface area contributed by atoms with Gasteiger partial charge in [0.25, 0.3) is 0 Å². The minimum Gasteiger partial charge on any atom is -0.327 e. The largest absolute Gasteiger partial charge is 0.327 e. The molecule has 2 aromatic carbocycles. The van der Waals surface area contributed by atoms with Crippen LogP contribution in [0.4, 0.5) is 13.2 Å². The third-order valence-electron chi connectivity index (χ3n) is 3.12. The summed E-state index contributed by atoms with van der Waals surface area (Å²) in [5.41, 5.74) is 6.10. The summed E-state index contributed by atoms with van der Waals surface area (Å²) in [6, 6.07) is 6.41. The van der Waals surface area contributed by atoms with Gasteiger partial charge in [-0.05, 0) is 52.5 Å². The van der Waals surface area contributed by atoms with Crippen molar-refractivity contribution >= 4 is 27.5 Å². The predicted octanol–water partition coefficient (Wildman–Crippen LogP) is 4.63. The van der Waals surface area contributed by atoms with Gasteiger partial charge in [0.05, 0.1) is 9.50 Å². The molecule has 2 rings (SSSR count).